The molecule has 0 atom stereocenters. The van der Waals surface area contributed by atoms with Crippen LogP contribution in [0.15, 0.2) is 66.2 Å². The van der Waals surface area contributed by atoms with Crippen molar-refractivity contribution in [3.8, 4) is 11.1 Å². The second-order valence-electron chi connectivity index (χ2n) is 4.77. The van der Waals surface area contributed by atoms with Gasteiger partial charge in [-0.05, 0) is 36.5 Å². The largest absolute Gasteiger partial charge is 0.122 e. The standard InChI is InChI=1S/C18H19Cl/c1-15(13-14-19)7-8-16-9-11-18(12-10-16)17-5-3-2-4-6-17/h2-6,9-13H,7-8,14H2,1H3. The Morgan fingerprint density at radius 3 is 2.21 bits per heavy atom. The molecule has 1 heteroatoms. The molecule has 19 heavy (non-hydrogen) atoms. The van der Waals surface area contributed by atoms with Crippen molar-refractivity contribution in [1.29, 1.82) is 0 Å². The summed E-state index contributed by atoms with van der Waals surface area (Å²) in [7, 11) is 0. The lowest BCUT2D eigenvalue weighted by Gasteiger charge is -2.05. The highest BCUT2D eigenvalue weighted by molar-refractivity contribution is 6.18. The number of aryl methyl sites for hydroxylation is 1. The van der Waals surface area contributed by atoms with Crippen LogP contribution in [-0.4, -0.2) is 5.88 Å². The number of alkyl halides is 1. The maximum absolute atomic E-state index is 5.69. The lowest BCUT2D eigenvalue weighted by atomic mass is 10.0. The van der Waals surface area contributed by atoms with E-state index in [2.05, 4.69) is 61.5 Å². The van der Waals surface area contributed by atoms with E-state index in [-0.39, 0.29) is 0 Å². The molecule has 98 valence electrons. The molecule has 0 nitrogen and oxygen atoms in total. The molecule has 0 saturated carbocycles. The van der Waals surface area contributed by atoms with Crippen molar-refractivity contribution in [2.45, 2.75) is 19.8 Å². The Morgan fingerprint density at radius 1 is 0.947 bits per heavy atom. The fourth-order valence-corrected chi connectivity index (χ4v) is 2.33. The van der Waals surface area contributed by atoms with Crippen molar-refractivity contribution in [3.05, 3.63) is 71.8 Å². The van der Waals surface area contributed by atoms with E-state index < -0.39 is 0 Å². The smallest absolute Gasteiger partial charge is 0.0406 e. The molecule has 0 aromatic heterocycles. The Balaban J connectivity index is 2.01. The minimum absolute atomic E-state index is 0.610. The molecule has 0 unspecified atom stereocenters. The number of halogens is 1. The van der Waals surface area contributed by atoms with Crippen molar-refractivity contribution < 1.29 is 0 Å². The maximum Gasteiger partial charge on any atom is 0.0406 e. The molecule has 2 aromatic rings. The lowest BCUT2D eigenvalue weighted by molar-refractivity contribution is 0.939. The maximum atomic E-state index is 5.69. The van der Waals surface area contributed by atoms with Crippen LogP contribution in [0.5, 0.6) is 0 Å². The predicted molar refractivity (Wildman–Crippen MR) is 84.7 cm³/mol. The monoisotopic (exact) mass is 270 g/mol. The highest BCUT2D eigenvalue weighted by atomic mass is 35.5. The van der Waals surface area contributed by atoms with E-state index in [0.717, 1.165) is 12.8 Å². The van der Waals surface area contributed by atoms with Gasteiger partial charge >= 0.3 is 0 Å². The molecule has 0 bridgehead atoms. The van der Waals surface area contributed by atoms with Crippen molar-refractivity contribution in [2.75, 3.05) is 5.88 Å². The number of benzene rings is 2. The van der Waals surface area contributed by atoms with Crippen LogP contribution in [0.25, 0.3) is 11.1 Å². The van der Waals surface area contributed by atoms with Gasteiger partial charge in [-0.15, -0.1) is 11.6 Å². The van der Waals surface area contributed by atoms with Gasteiger partial charge in [-0.25, -0.2) is 0 Å². The fraction of sp³-hybridized carbons (Fsp3) is 0.222. The third-order valence-electron chi connectivity index (χ3n) is 3.29. The summed E-state index contributed by atoms with van der Waals surface area (Å²) in [6, 6.07) is 19.3. The first-order valence-corrected chi connectivity index (χ1v) is 7.19. The molecule has 0 aliphatic heterocycles. The van der Waals surface area contributed by atoms with Crippen LogP contribution in [0.2, 0.25) is 0 Å². The molecular formula is C18H19Cl. The molecule has 2 rings (SSSR count). The zero-order valence-corrected chi connectivity index (χ0v) is 12.0. The van der Waals surface area contributed by atoms with Gasteiger partial charge in [0.05, 0.1) is 0 Å². The van der Waals surface area contributed by atoms with Crippen LogP contribution in [0.1, 0.15) is 18.9 Å². The van der Waals surface area contributed by atoms with E-state index in [9.17, 15) is 0 Å². The molecule has 0 radical (unpaired) electrons. The van der Waals surface area contributed by atoms with E-state index >= 15 is 0 Å². The average molecular weight is 271 g/mol. The first-order valence-electron chi connectivity index (χ1n) is 6.65. The van der Waals surface area contributed by atoms with Crippen molar-refractivity contribution in [1.82, 2.24) is 0 Å². The van der Waals surface area contributed by atoms with Crippen LogP contribution in [0.3, 0.4) is 0 Å². The summed E-state index contributed by atoms with van der Waals surface area (Å²) in [5.74, 6) is 0.610. The van der Waals surface area contributed by atoms with Crippen LogP contribution < -0.4 is 0 Å². The van der Waals surface area contributed by atoms with Gasteiger partial charge in [0.2, 0.25) is 0 Å². The molecule has 0 aliphatic rings. The van der Waals surface area contributed by atoms with Gasteiger partial charge in [0.1, 0.15) is 0 Å². The van der Waals surface area contributed by atoms with Gasteiger partial charge in [-0.2, -0.15) is 0 Å². The van der Waals surface area contributed by atoms with E-state index in [1.807, 2.05) is 6.07 Å². The SMILES string of the molecule is CC(=CCCl)CCc1ccc(-c2ccccc2)cc1. The zero-order chi connectivity index (χ0) is 13.5. The van der Waals surface area contributed by atoms with Gasteiger partial charge in [0.25, 0.3) is 0 Å². The molecule has 0 fully saturated rings. The third kappa shape index (κ3) is 4.25. The van der Waals surface area contributed by atoms with Gasteiger partial charge in [-0.3, -0.25) is 0 Å². The first-order chi connectivity index (χ1) is 9.29. The summed E-state index contributed by atoms with van der Waals surface area (Å²) in [5.41, 5.74) is 5.29. The number of rotatable bonds is 5. The Kier molecular flexibility index (Phi) is 5.23. The summed E-state index contributed by atoms with van der Waals surface area (Å²) in [5, 5.41) is 0. The molecule has 0 amide bonds. The average Bonchev–Trinajstić information content (AvgIpc) is 2.47. The highest BCUT2D eigenvalue weighted by Crippen LogP contribution is 2.20. The van der Waals surface area contributed by atoms with Gasteiger partial charge in [0, 0.05) is 5.88 Å². The fourth-order valence-electron chi connectivity index (χ4n) is 2.07. The normalized spacial score (nSPS) is 11.6. The molecule has 0 spiro atoms. The minimum atomic E-state index is 0.610. The van der Waals surface area contributed by atoms with Crippen LogP contribution in [0, 0.1) is 0 Å². The third-order valence-corrected chi connectivity index (χ3v) is 3.45. The van der Waals surface area contributed by atoms with Crippen molar-refractivity contribution >= 4 is 11.6 Å². The molecule has 0 aliphatic carbocycles. The molecular weight excluding hydrogens is 252 g/mol. The predicted octanol–water partition coefficient (Wildman–Crippen LogP) is 5.47. The molecule has 2 aromatic carbocycles. The zero-order valence-electron chi connectivity index (χ0n) is 11.3. The number of allylic oxidation sites excluding steroid dienone is 2. The van der Waals surface area contributed by atoms with E-state index in [0.29, 0.717) is 5.88 Å². The van der Waals surface area contributed by atoms with Crippen LogP contribution in [0.4, 0.5) is 0 Å². The Morgan fingerprint density at radius 2 is 1.58 bits per heavy atom. The minimum Gasteiger partial charge on any atom is -0.122 e. The lowest BCUT2D eigenvalue weighted by Crippen LogP contribution is -1.87. The topological polar surface area (TPSA) is 0 Å². The van der Waals surface area contributed by atoms with E-state index in [4.69, 9.17) is 11.6 Å². The Bertz CT molecular complexity index is 523. The first kappa shape index (κ1) is 13.9. The summed E-state index contributed by atoms with van der Waals surface area (Å²) >= 11 is 5.69. The van der Waals surface area contributed by atoms with Crippen molar-refractivity contribution in [3.63, 3.8) is 0 Å². The molecule has 0 N–H and O–H groups in total. The second kappa shape index (κ2) is 7.16. The van der Waals surface area contributed by atoms with Crippen molar-refractivity contribution in [2.24, 2.45) is 0 Å². The highest BCUT2D eigenvalue weighted by Gasteiger charge is 1.98. The van der Waals surface area contributed by atoms with Crippen LogP contribution in [-0.2, 0) is 6.42 Å². The number of hydrogen-bond donors (Lipinski definition) is 0. The van der Waals surface area contributed by atoms with Crippen LogP contribution >= 0.6 is 11.6 Å². The Hall–Kier alpha value is -1.53. The molecule has 0 saturated heterocycles. The number of hydrogen-bond acceptors (Lipinski definition) is 0. The van der Waals surface area contributed by atoms with Gasteiger partial charge in [-0.1, -0.05) is 66.2 Å². The van der Waals surface area contributed by atoms with Gasteiger partial charge < -0.3 is 0 Å². The second-order valence-corrected chi connectivity index (χ2v) is 5.08. The summed E-state index contributed by atoms with van der Waals surface area (Å²) in [6.07, 6.45) is 4.24. The summed E-state index contributed by atoms with van der Waals surface area (Å²) in [6.45, 7) is 2.14. The van der Waals surface area contributed by atoms with Gasteiger partial charge in [0.15, 0.2) is 0 Å². The van der Waals surface area contributed by atoms with E-state index in [1.54, 1.807) is 0 Å². The Labute approximate surface area is 120 Å². The summed E-state index contributed by atoms with van der Waals surface area (Å²) < 4.78 is 0. The summed E-state index contributed by atoms with van der Waals surface area (Å²) in [4.78, 5) is 0. The molecule has 0 heterocycles. The quantitative estimate of drug-likeness (QED) is 0.499. The van der Waals surface area contributed by atoms with E-state index in [1.165, 1.54) is 22.3 Å².